The summed E-state index contributed by atoms with van der Waals surface area (Å²) in [5.41, 5.74) is 4.54. The van der Waals surface area contributed by atoms with Gasteiger partial charge in [0.25, 0.3) is 0 Å². The molecule has 4 heterocycles. The van der Waals surface area contributed by atoms with Gasteiger partial charge in [0.15, 0.2) is 0 Å². The van der Waals surface area contributed by atoms with Gasteiger partial charge in [0, 0.05) is 54.0 Å². The summed E-state index contributed by atoms with van der Waals surface area (Å²) in [6.07, 6.45) is -0.821. The van der Waals surface area contributed by atoms with Gasteiger partial charge in [-0.2, -0.15) is 18.4 Å². The van der Waals surface area contributed by atoms with Crippen LogP contribution in [-0.2, 0) is 19.5 Å². The zero-order valence-electron chi connectivity index (χ0n) is 27.6. The Labute approximate surface area is 273 Å². The van der Waals surface area contributed by atoms with Crippen molar-refractivity contribution < 1.29 is 13.2 Å². The van der Waals surface area contributed by atoms with E-state index in [2.05, 4.69) is 95.7 Å². The number of rotatable bonds is 9. The van der Waals surface area contributed by atoms with Gasteiger partial charge in [0.1, 0.15) is 28.7 Å². The number of nitrogens with zero attached hydrogens (tertiary/aromatic N) is 6. The zero-order chi connectivity index (χ0) is 33.0. The van der Waals surface area contributed by atoms with Gasteiger partial charge in [0.2, 0.25) is 0 Å². The van der Waals surface area contributed by atoms with Crippen molar-refractivity contribution in [2.45, 2.75) is 84.7 Å². The minimum absolute atomic E-state index is 0.157. The Morgan fingerprint density at radius 1 is 1.15 bits per heavy atom. The molecule has 11 heteroatoms. The fraction of sp³-hybridized carbons (Fsp3) is 0.571. The minimum atomic E-state index is -4.25. The van der Waals surface area contributed by atoms with E-state index in [1.165, 1.54) is 17.5 Å². The van der Waals surface area contributed by atoms with Crippen molar-refractivity contribution >= 4 is 38.3 Å². The number of benzene rings is 1. The Kier molecular flexibility index (Phi) is 8.85. The SMILES string of the molecule is Cc1c(CN2CCC(Nc3ncnc4sc(CC(F)(F)F)cc34)CC2)ccc2c1cc(C#N)n2CC1(C(C)C)CC(N(C)C)C1C. The average molecular weight is 652 g/mol. The van der Waals surface area contributed by atoms with Crippen molar-refractivity contribution in [2.24, 2.45) is 17.3 Å². The molecule has 6 rings (SSSR count). The van der Waals surface area contributed by atoms with Crippen LogP contribution >= 0.6 is 11.3 Å². The predicted molar refractivity (Wildman–Crippen MR) is 179 cm³/mol. The molecule has 1 saturated heterocycles. The molecule has 46 heavy (non-hydrogen) atoms. The van der Waals surface area contributed by atoms with E-state index in [0.29, 0.717) is 33.9 Å². The van der Waals surface area contributed by atoms with E-state index in [4.69, 9.17) is 0 Å². The first-order valence-corrected chi connectivity index (χ1v) is 17.1. The summed E-state index contributed by atoms with van der Waals surface area (Å²) in [5.74, 6) is 1.67. The molecule has 0 bridgehead atoms. The van der Waals surface area contributed by atoms with E-state index >= 15 is 0 Å². The highest BCUT2D eigenvalue weighted by Gasteiger charge is 2.54. The number of thiophene rings is 1. The van der Waals surface area contributed by atoms with Crippen LogP contribution in [0.25, 0.3) is 21.1 Å². The summed E-state index contributed by atoms with van der Waals surface area (Å²) in [6, 6.07) is 11.4. The molecule has 1 N–H and O–H groups in total. The van der Waals surface area contributed by atoms with Gasteiger partial charge in [-0.25, -0.2) is 9.97 Å². The Morgan fingerprint density at radius 2 is 1.89 bits per heavy atom. The lowest BCUT2D eigenvalue weighted by atomic mass is 9.52. The molecule has 1 aromatic carbocycles. The second-order valence-electron chi connectivity index (χ2n) is 14.1. The number of hydrogen-bond acceptors (Lipinski definition) is 7. The van der Waals surface area contributed by atoms with Crippen LogP contribution in [0.3, 0.4) is 0 Å². The number of aryl methyl sites for hydroxylation is 1. The van der Waals surface area contributed by atoms with Crippen molar-refractivity contribution in [3.05, 3.63) is 52.3 Å². The minimum Gasteiger partial charge on any atom is -0.367 e. The summed E-state index contributed by atoms with van der Waals surface area (Å²) < 4.78 is 41.1. The Bertz CT molecular complexity index is 1760. The maximum Gasteiger partial charge on any atom is 0.393 e. The third-order valence-corrected chi connectivity index (χ3v) is 12.0. The highest BCUT2D eigenvalue weighted by Crippen LogP contribution is 2.55. The lowest BCUT2D eigenvalue weighted by Gasteiger charge is -2.59. The van der Waals surface area contributed by atoms with E-state index in [9.17, 15) is 18.4 Å². The fourth-order valence-electron chi connectivity index (χ4n) is 7.98. The van der Waals surface area contributed by atoms with E-state index in [0.717, 1.165) is 73.4 Å². The van der Waals surface area contributed by atoms with Crippen LogP contribution < -0.4 is 5.32 Å². The van der Waals surface area contributed by atoms with E-state index < -0.39 is 12.6 Å². The van der Waals surface area contributed by atoms with Gasteiger partial charge in [-0.05, 0) is 86.9 Å². The highest BCUT2D eigenvalue weighted by molar-refractivity contribution is 7.18. The quantitative estimate of drug-likeness (QED) is 0.201. The third kappa shape index (κ3) is 6.12. The van der Waals surface area contributed by atoms with Gasteiger partial charge in [-0.15, -0.1) is 11.3 Å². The van der Waals surface area contributed by atoms with E-state index in [-0.39, 0.29) is 16.3 Å². The van der Waals surface area contributed by atoms with Crippen molar-refractivity contribution in [1.29, 1.82) is 5.26 Å². The maximum atomic E-state index is 13.0. The van der Waals surface area contributed by atoms with Gasteiger partial charge >= 0.3 is 6.18 Å². The van der Waals surface area contributed by atoms with Crippen LogP contribution in [0, 0.1) is 35.5 Å². The van der Waals surface area contributed by atoms with Gasteiger partial charge in [-0.3, -0.25) is 4.90 Å². The molecule has 0 spiro atoms. The summed E-state index contributed by atoms with van der Waals surface area (Å²) in [4.78, 5) is 14.2. The van der Waals surface area contributed by atoms with Crippen LogP contribution in [0.5, 0.6) is 0 Å². The molecule has 246 valence electrons. The number of piperidine rings is 1. The molecule has 3 unspecified atom stereocenters. The van der Waals surface area contributed by atoms with Crippen LogP contribution in [0.2, 0.25) is 0 Å². The van der Waals surface area contributed by atoms with Gasteiger partial charge in [-0.1, -0.05) is 26.8 Å². The van der Waals surface area contributed by atoms with E-state index in [1.807, 2.05) is 0 Å². The lowest BCUT2D eigenvalue weighted by molar-refractivity contribution is -0.126. The zero-order valence-corrected chi connectivity index (χ0v) is 28.4. The van der Waals surface area contributed by atoms with Crippen molar-refractivity contribution in [1.82, 2.24) is 24.3 Å². The maximum absolute atomic E-state index is 13.0. The van der Waals surface area contributed by atoms with Gasteiger partial charge < -0.3 is 14.8 Å². The number of anilines is 1. The number of likely N-dealkylation sites (tertiary alicyclic amines) is 1. The number of alkyl halides is 3. The highest BCUT2D eigenvalue weighted by atomic mass is 32.1. The number of aromatic nitrogens is 3. The lowest BCUT2D eigenvalue weighted by Crippen LogP contribution is -2.60. The van der Waals surface area contributed by atoms with Gasteiger partial charge in [0.05, 0.1) is 11.8 Å². The molecule has 7 nitrogen and oxygen atoms in total. The van der Waals surface area contributed by atoms with Crippen molar-refractivity contribution in [2.75, 3.05) is 32.5 Å². The standard InChI is InChI=1S/C35H44F3N7S/c1-21(2)34(16-31(23(34)4)43(5)6)19-45-26(17-39)13-28-22(3)24(7-8-30(28)45)18-44-11-9-25(10-12-44)42-32-29-14-27(15-35(36,37)38)46-33(29)41-20-40-32/h7-8,13-14,20-21,23,25,31H,9-12,15-16,18-19H2,1-6H3,(H,40,41,42). The molecule has 4 aromatic rings. The summed E-state index contributed by atoms with van der Waals surface area (Å²) >= 11 is 1.08. The molecule has 1 aliphatic heterocycles. The largest absolute Gasteiger partial charge is 0.393 e. The topological polar surface area (TPSA) is 73.0 Å². The summed E-state index contributed by atoms with van der Waals surface area (Å²) in [6.45, 7) is 12.7. The molecular formula is C35H44F3N7S. The number of hydrogen-bond donors (Lipinski definition) is 1. The molecule has 0 radical (unpaired) electrons. The predicted octanol–water partition coefficient (Wildman–Crippen LogP) is 7.62. The molecule has 1 aliphatic carbocycles. The first-order chi connectivity index (χ1) is 21.8. The second kappa shape index (κ2) is 12.4. The molecule has 1 saturated carbocycles. The fourth-order valence-corrected chi connectivity index (χ4v) is 9.01. The van der Waals surface area contributed by atoms with E-state index in [1.54, 1.807) is 6.07 Å². The molecule has 3 aromatic heterocycles. The summed E-state index contributed by atoms with van der Waals surface area (Å²) in [5, 5.41) is 15.5. The van der Waals surface area contributed by atoms with Crippen molar-refractivity contribution in [3.63, 3.8) is 0 Å². The second-order valence-corrected chi connectivity index (χ2v) is 15.2. The smallest absolute Gasteiger partial charge is 0.367 e. The normalized spacial score (nSPS) is 23.0. The van der Waals surface area contributed by atoms with Crippen LogP contribution in [0.15, 0.2) is 30.6 Å². The molecule has 0 amide bonds. The number of nitriles is 1. The Hall–Kier alpha value is -3.20. The molecule has 3 atom stereocenters. The summed E-state index contributed by atoms with van der Waals surface area (Å²) in [7, 11) is 4.34. The average Bonchev–Trinajstić information content (AvgIpc) is 3.57. The number of nitrogens with one attached hydrogen (secondary N) is 1. The van der Waals surface area contributed by atoms with Crippen LogP contribution in [-0.4, -0.2) is 69.8 Å². The number of fused-ring (bicyclic) bond motifs is 2. The Morgan fingerprint density at radius 3 is 2.52 bits per heavy atom. The monoisotopic (exact) mass is 651 g/mol. The third-order valence-electron chi connectivity index (χ3n) is 11.0. The molecule has 2 fully saturated rings. The van der Waals surface area contributed by atoms with Crippen LogP contribution in [0.1, 0.15) is 61.7 Å². The van der Waals surface area contributed by atoms with Crippen LogP contribution in [0.4, 0.5) is 19.0 Å². The first-order valence-electron chi connectivity index (χ1n) is 16.3. The number of halogens is 3. The van der Waals surface area contributed by atoms with Crippen molar-refractivity contribution in [3.8, 4) is 6.07 Å². The first kappa shape index (κ1) is 32.7. The molecular weight excluding hydrogens is 607 g/mol. The Balaban J connectivity index is 1.13. The molecule has 2 aliphatic rings.